The molecule has 0 aliphatic heterocycles. The lowest BCUT2D eigenvalue weighted by Crippen LogP contribution is -2.30. The molecule has 1 unspecified atom stereocenters. The summed E-state index contributed by atoms with van der Waals surface area (Å²) in [5.74, 6) is -1.06. The summed E-state index contributed by atoms with van der Waals surface area (Å²) in [5.41, 5.74) is 0. The minimum atomic E-state index is -0.836. The van der Waals surface area contributed by atoms with Crippen molar-refractivity contribution in [3.8, 4) is 0 Å². The highest BCUT2D eigenvalue weighted by molar-refractivity contribution is 5.71. The Morgan fingerprint density at radius 3 is 0.849 bits per heavy atom. The zero-order valence-electron chi connectivity index (χ0n) is 46.3. The molecule has 0 saturated carbocycles. The Hall–Kier alpha value is -5.23. The van der Waals surface area contributed by atoms with Crippen molar-refractivity contribution in [2.75, 3.05) is 13.2 Å². The molecule has 0 aromatic carbocycles. The highest BCUT2D eigenvalue weighted by atomic mass is 16.6. The molecule has 0 rings (SSSR count). The Morgan fingerprint density at radius 1 is 0.274 bits per heavy atom. The third kappa shape index (κ3) is 57.5. The lowest BCUT2D eigenvalue weighted by molar-refractivity contribution is -0.166. The second-order valence-electron chi connectivity index (χ2n) is 18.0. The van der Waals surface area contributed by atoms with Gasteiger partial charge in [0, 0.05) is 19.3 Å². The molecule has 0 radical (unpaired) electrons. The van der Waals surface area contributed by atoms with Gasteiger partial charge >= 0.3 is 17.9 Å². The fraction of sp³-hybridized carbons (Fsp3) is 0.537. The summed E-state index contributed by atoms with van der Waals surface area (Å²) < 4.78 is 16.8. The van der Waals surface area contributed by atoms with Crippen LogP contribution in [0.5, 0.6) is 0 Å². The first kappa shape index (κ1) is 67.8. The lowest BCUT2D eigenvalue weighted by Gasteiger charge is -2.18. The van der Waals surface area contributed by atoms with Crippen LogP contribution >= 0.6 is 0 Å². The monoisotopic (exact) mass is 1000 g/mol. The summed E-state index contributed by atoms with van der Waals surface area (Å²) in [5, 5.41) is 0. The van der Waals surface area contributed by atoms with Gasteiger partial charge in [-0.25, -0.2) is 0 Å². The van der Waals surface area contributed by atoms with Gasteiger partial charge in [0.15, 0.2) is 6.10 Å². The van der Waals surface area contributed by atoms with Gasteiger partial charge in [0.05, 0.1) is 0 Å². The van der Waals surface area contributed by atoms with E-state index in [0.29, 0.717) is 12.8 Å². The molecule has 0 aliphatic rings. The number of hydrogen-bond acceptors (Lipinski definition) is 6. The Morgan fingerprint density at radius 2 is 0.521 bits per heavy atom. The van der Waals surface area contributed by atoms with Crippen LogP contribution in [0.15, 0.2) is 170 Å². The van der Waals surface area contributed by atoms with Crippen molar-refractivity contribution in [2.24, 2.45) is 0 Å². The van der Waals surface area contributed by atoms with E-state index in [1.54, 1.807) is 0 Å². The van der Waals surface area contributed by atoms with Gasteiger partial charge in [-0.3, -0.25) is 14.4 Å². The molecular weight excluding hydrogens is 901 g/mol. The number of ether oxygens (including phenoxy) is 3. The number of carbonyl (C=O) groups excluding carboxylic acids is 3. The fourth-order valence-electron chi connectivity index (χ4n) is 7.04. The highest BCUT2D eigenvalue weighted by Gasteiger charge is 2.19. The van der Waals surface area contributed by atoms with E-state index in [-0.39, 0.29) is 44.0 Å². The van der Waals surface area contributed by atoms with Gasteiger partial charge in [-0.1, -0.05) is 229 Å². The maximum absolute atomic E-state index is 12.9. The molecule has 73 heavy (non-hydrogen) atoms. The van der Waals surface area contributed by atoms with Crippen LogP contribution < -0.4 is 0 Å². The summed E-state index contributed by atoms with van der Waals surface area (Å²) in [6.07, 6.45) is 87.8. The van der Waals surface area contributed by atoms with Crippen LogP contribution in [-0.2, 0) is 28.6 Å². The molecule has 0 amide bonds. The van der Waals surface area contributed by atoms with Crippen LogP contribution in [0.1, 0.15) is 213 Å². The number of unbranched alkanes of at least 4 members (excludes halogenated alkanes) is 10. The third-order valence-electron chi connectivity index (χ3n) is 11.2. The SMILES string of the molecule is CC/C=C\C/C=C\C/C=C\C/C=C\C/C=C\CCCCCCCC(=O)OCC(COC(=O)CC/C=C\C/C=C\C/C=C\C/C=C\CC)OC(=O)CCCCCCC/C=C\C/C=C\C/C=C\C/C=C\C/C=C\CC. The van der Waals surface area contributed by atoms with E-state index in [2.05, 4.69) is 179 Å². The molecule has 0 aromatic rings. The van der Waals surface area contributed by atoms with E-state index in [1.165, 1.54) is 0 Å². The summed E-state index contributed by atoms with van der Waals surface area (Å²) in [4.78, 5) is 38.1. The minimum absolute atomic E-state index is 0.127. The van der Waals surface area contributed by atoms with Gasteiger partial charge in [-0.2, -0.15) is 0 Å². The summed E-state index contributed by atoms with van der Waals surface area (Å²) in [6, 6.07) is 0. The van der Waals surface area contributed by atoms with Crippen molar-refractivity contribution in [1.29, 1.82) is 0 Å². The Bertz CT molecular complexity index is 1720. The Kier molecular flexibility index (Phi) is 55.1. The van der Waals surface area contributed by atoms with E-state index in [9.17, 15) is 14.4 Å². The van der Waals surface area contributed by atoms with Gasteiger partial charge in [0.1, 0.15) is 13.2 Å². The second-order valence-corrected chi connectivity index (χ2v) is 18.0. The molecule has 0 heterocycles. The molecule has 0 aliphatic carbocycles. The van der Waals surface area contributed by atoms with Crippen LogP contribution in [0.2, 0.25) is 0 Å². The Balaban J connectivity index is 4.55. The average Bonchev–Trinajstić information content (AvgIpc) is 3.39. The number of rotatable bonds is 49. The predicted molar refractivity (Wildman–Crippen MR) is 315 cm³/mol. The van der Waals surface area contributed by atoms with Crippen LogP contribution in [0.3, 0.4) is 0 Å². The molecule has 0 aromatic heterocycles. The fourth-order valence-corrected chi connectivity index (χ4v) is 7.04. The molecule has 0 bridgehead atoms. The highest BCUT2D eigenvalue weighted by Crippen LogP contribution is 2.12. The van der Waals surface area contributed by atoms with Gasteiger partial charge in [-0.05, 0) is 135 Å². The maximum atomic E-state index is 12.9. The zero-order chi connectivity index (χ0) is 52.9. The zero-order valence-corrected chi connectivity index (χ0v) is 46.3. The maximum Gasteiger partial charge on any atom is 0.306 e. The standard InChI is InChI=1S/C67H102O6/c1-4-7-10-13-16-19-22-25-27-29-31-33-35-37-39-42-45-48-51-54-57-60-66(69)72-63-64(62-71-65(68)59-56-53-50-47-44-41-24-21-18-15-12-9-6-3)73-67(70)61-58-55-52-49-46-43-40-38-36-34-32-30-28-26-23-20-17-14-11-8-5-2/h7-12,16-21,25-28,31-34,37-41,44,50,53,64H,4-6,13-15,22-24,29-30,35-36,42-43,45-49,51-52,54-63H2,1-3H3/b10-7-,11-8-,12-9-,19-16-,20-17-,21-18-,27-25-,28-26-,33-31-,34-32-,39-37-,40-38-,44-41-,53-50-. The van der Waals surface area contributed by atoms with E-state index in [4.69, 9.17) is 14.2 Å². The number of esters is 3. The normalized spacial score (nSPS) is 13.4. The molecule has 0 spiro atoms. The van der Waals surface area contributed by atoms with E-state index in [1.807, 2.05) is 12.2 Å². The first-order valence-corrected chi connectivity index (χ1v) is 28.6. The van der Waals surface area contributed by atoms with Gasteiger partial charge in [0.25, 0.3) is 0 Å². The number of hydrogen-bond donors (Lipinski definition) is 0. The third-order valence-corrected chi connectivity index (χ3v) is 11.2. The lowest BCUT2D eigenvalue weighted by atomic mass is 10.1. The number of carbonyl (C=O) groups is 3. The quantitative estimate of drug-likeness (QED) is 0.0261. The molecule has 6 heteroatoms. The molecule has 0 N–H and O–H groups in total. The Labute approximate surface area is 447 Å². The van der Waals surface area contributed by atoms with Crippen molar-refractivity contribution in [2.45, 2.75) is 219 Å². The average molecular weight is 1000 g/mol. The largest absolute Gasteiger partial charge is 0.462 e. The van der Waals surface area contributed by atoms with Crippen LogP contribution in [0, 0.1) is 0 Å². The molecule has 0 fully saturated rings. The van der Waals surface area contributed by atoms with Crippen LogP contribution in [-0.4, -0.2) is 37.2 Å². The second kappa shape index (κ2) is 59.3. The topological polar surface area (TPSA) is 78.9 Å². The van der Waals surface area contributed by atoms with Crippen LogP contribution in [0.25, 0.3) is 0 Å². The van der Waals surface area contributed by atoms with Crippen molar-refractivity contribution in [1.82, 2.24) is 0 Å². The van der Waals surface area contributed by atoms with Crippen molar-refractivity contribution in [3.63, 3.8) is 0 Å². The molecule has 1 atom stereocenters. The van der Waals surface area contributed by atoms with E-state index in [0.717, 1.165) is 167 Å². The molecule has 406 valence electrons. The number of allylic oxidation sites excluding steroid dienone is 28. The smallest absolute Gasteiger partial charge is 0.306 e. The van der Waals surface area contributed by atoms with Gasteiger partial charge in [0.2, 0.25) is 0 Å². The summed E-state index contributed by atoms with van der Waals surface area (Å²) in [7, 11) is 0. The molecule has 6 nitrogen and oxygen atoms in total. The summed E-state index contributed by atoms with van der Waals surface area (Å²) >= 11 is 0. The van der Waals surface area contributed by atoms with E-state index < -0.39 is 6.10 Å². The van der Waals surface area contributed by atoms with Crippen LogP contribution in [0.4, 0.5) is 0 Å². The predicted octanol–water partition coefficient (Wildman–Crippen LogP) is 19.5. The molecular formula is C67H102O6. The van der Waals surface area contributed by atoms with Gasteiger partial charge in [-0.15, -0.1) is 0 Å². The molecule has 0 saturated heterocycles. The van der Waals surface area contributed by atoms with E-state index >= 15 is 0 Å². The first-order chi connectivity index (χ1) is 36.0. The minimum Gasteiger partial charge on any atom is -0.462 e. The van der Waals surface area contributed by atoms with Crippen molar-refractivity contribution < 1.29 is 28.6 Å². The first-order valence-electron chi connectivity index (χ1n) is 28.6. The van der Waals surface area contributed by atoms with Crippen molar-refractivity contribution in [3.05, 3.63) is 170 Å². The summed E-state index contributed by atoms with van der Waals surface area (Å²) in [6.45, 7) is 6.18. The van der Waals surface area contributed by atoms with Gasteiger partial charge < -0.3 is 14.2 Å². The van der Waals surface area contributed by atoms with Crippen molar-refractivity contribution >= 4 is 17.9 Å².